The standard InChI is InChI=1S/C26H19N3O5S.Na/c27-24-21(35(32,33)34)14-20(22-23(24)26(31)19-9-5-4-8-18(19)25(22)30)29-17-12-10-16(11-13-17)28-15-6-2-1-3-7-15;/h1-14,28-29H,27H2,(H,32,33,34);/q;+1/p-1. The van der Waals surface area contributed by atoms with Gasteiger partial charge in [-0.05, 0) is 42.5 Å². The van der Waals surface area contributed by atoms with E-state index in [-0.39, 0.29) is 57.5 Å². The summed E-state index contributed by atoms with van der Waals surface area (Å²) in [6.07, 6.45) is 0. The molecule has 0 fully saturated rings. The number of carbonyl (C=O) groups is 2. The minimum atomic E-state index is -5.03. The molecule has 0 saturated carbocycles. The number of fused-ring (bicyclic) bond motifs is 2. The molecule has 0 saturated heterocycles. The third kappa shape index (κ3) is 4.67. The van der Waals surface area contributed by atoms with Crippen LogP contribution in [0.25, 0.3) is 0 Å². The van der Waals surface area contributed by atoms with Crippen LogP contribution in [0.3, 0.4) is 0 Å². The molecule has 4 aromatic carbocycles. The second-order valence-corrected chi connectivity index (χ2v) is 9.29. The molecule has 0 unspecified atom stereocenters. The van der Waals surface area contributed by atoms with Crippen LogP contribution in [-0.4, -0.2) is 24.5 Å². The molecule has 4 aromatic rings. The first-order chi connectivity index (χ1) is 16.7. The number of anilines is 5. The second-order valence-electron chi connectivity index (χ2n) is 7.94. The van der Waals surface area contributed by atoms with Gasteiger partial charge in [0.25, 0.3) is 0 Å². The maximum atomic E-state index is 13.3. The second kappa shape index (κ2) is 9.88. The Morgan fingerprint density at radius 3 is 1.69 bits per heavy atom. The molecule has 0 aliphatic heterocycles. The van der Waals surface area contributed by atoms with E-state index in [0.717, 1.165) is 17.4 Å². The number of hydrogen-bond acceptors (Lipinski definition) is 8. The van der Waals surface area contributed by atoms with E-state index in [9.17, 15) is 22.6 Å². The SMILES string of the molecule is Nc1c(S(=O)(=O)[O-])cc(Nc2ccc(Nc3ccccc3)cc2)c2c1C(=O)c1ccccc1C2=O.[Na+]. The summed E-state index contributed by atoms with van der Waals surface area (Å²) in [5.74, 6) is -1.12. The largest absolute Gasteiger partial charge is 1.00 e. The fraction of sp³-hybridized carbons (Fsp3) is 0. The molecule has 36 heavy (non-hydrogen) atoms. The first-order valence-corrected chi connectivity index (χ1v) is 11.9. The third-order valence-electron chi connectivity index (χ3n) is 5.70. The average Bonchev–Trinajstić information content (AvgIpc) is 2.84. The van der Waals surface area contributed by atoms with E-state index in [0.29, 0.717) is 5.69 Å². The van der Waals surface area contributed by atoms with E-state index in [1.807, 2.05) is 30.3 Å². The molecule has 10 heteroatoms. The summed E-state index contributed by atoms with van der Waals surface area (Å²) in [6, 6.07) is 23.7. The molecule has 1 aliphatic rings. The van der Waals surface area contributed by atoms with E-state index in [2.05, 4.69) is 10.6 Å². The van der Waals surface area contributed by atoms with Crippen molar-refractivity contribution in [1.82, 2.24) is 0 Å². The average molecular weight is 508 g/mol. The maximum Gasteiger partial charge on any atom is 1.00 e. The Kier molecular flexibility index (Phi) is 7.03. The van der Waals surface area contributed by atoms with Crippen molar-refractivity contribution in [2.24, 2.45) is 0 Å². The summed E-state index contributed by atoms with van der Waals surface area (Å²) in [5.41, 5.74) is 7.53. The predicted octanol–water partition coefficient (Wildman–Crippen LogP) is 1.44. The molecule has 8 nitrogen and oxygen atoms in total. The molecule has 4 N–H and O–H groups in total. The maximum absolute atomic E-state index is 13.3. The van der Waals surface area contributed by atoms with Crippen LogP contribution in [-0.2, 0) is 10.1 Å². The third-order valence-corrected chi connectivity index (χ3v) is 6.57. The molecule has 0 spiro atoms. The Hall–Kier alpha value is -3.47. The van der Waals surface area contributed by atoms with Gasteiger partial charge in [-0.25, -0.2) is 8.42 Å². The quantitative estimate of drug-likeness (QED) is 0.184. The number of para-hydroxylation sites is 1. The van der Waals surface area contributed by atoms with Crippen molar-refractivity contribution in [3.8, 4) is 0 Å². The number of nitrogen functional groups attached to an aromatic ring is 1. The summed E-state index contributed by atoms with van der Waals surface area (Å²) in [6.45, 7) is 0. The summed E-state index contributed by atoms with van der Waals surface area (Å²) >= 11 is 0. The molecule has 0 amide bonds. The van der Waals surface area contributed by atoms with E-state index in [4.69, 9.17) is 5.73 Å². The summed E-state index contributed by atoms with van der Waals surface area (Å²) in [4.78, 5) is 25.8. The van der Waals surface area contributed by atoms with Gasteiger partial charge in [0.05, 0.1) is 27.4 Å². The first-order valence-electron chi connectivity index (χ1n) is 10.5. The van der Waals surface area contributed by atoms with Crippen molar-refractivity contribution in [2.45, 2.75) is 4.90 Å². The number of ketones is 2. The van der Waals surface area contributed by atoms with Gasteiger partial charge in [0.15, 0.2) is 11.6 Å². The Morgan fingerprint density at radius 1 is 0.667 bits per heavy atom. The Labute approximate surface area is 229 Å². The molecular formula is C26H18N3NaO5S. The van der Waals surface area contributed by atoms with Gasteiger partial charge in [-0.15, -0.1) is 0 Å². The fourth-order valence-electron chi connectivity index (χ4n) is 4.08. The van der Waals surface area contributed by atoms with Crippen LogP contribution < -0.4 is 45.9 Å². The molecular weight excluding hydrogens is 489 g/mol. The molecule has 174 valence electrons. The number of carbonyl (C=O) groups excluding carboxylic acids is 2. The molecule has 0 atom stereocenters. The van der Waals surface area contributed by atoms with Crippen molar-refractivity contribution in [1.29, 1.82) is 0 Å². The van der Waals surface area contributed by atoms with Gasteiger partial charge in [-0.3, -0.25) is 9.59 Å². The number of hydrogen-bond donors (Lipinski definition) is 3. The van der Waals surface area contributed by atoms with E-state index >= 15 is 0 Å². The normalized spacial score (nSPS) is 12.2. The van der Waals surface area contributed by atoms with Crippen molar-refractivity contribution in [2.75, 3.05) is 16.4 Å². The first kappa shape index (κ1) is 25.6. The molecule has 0 bridgehead atoms. The van der Waals surface area contributed by atoms with Gasteiger partial charge in [0.1, 0.15) is 10.1 Å². The van der Waals surface area contributed by atoms with Gasteiger partial charge < -0.3 is 20.9 Å². The molecule has 1 aliphatic carbocycles. The topological polar surface area (TPSA) is 141 Å². The minimum absolute atomic E-state index is 0. The number of nitrogens with one attached hydrogen (secondary N) is 2. The van der Waals surface area contributed by atoms with Crippen LogP contribution in [0.5, 0.6) is 0 Å². The Balaban J connectivity index is 0.00000304. The van der Waals surface area contributed by atoms with Gasteiger partial charge >= 0.3 is 29.6 Å². The van der Waals surface area contributed by atoms with Gasteiger partial charge in [0.2, 0.25) is 0 Å². The summed E-state index contributed by atoms with van der Waals surface area (Å²) in [5, 5.41) is 6.23. The van der Waals surface area contributed by atoms with Crippen LogP contribution in [0.15, 0.2) is 89.8 Å². The predicted molar refractivity (Wildman–Crippen MR) is 132 cm³/mol. The molecule has 5 rings (SSSR count). The van der Waals surface area contributed by atoms with Crippen LogP contribution in [0.4, 0.5) is 28.4 Å². The zero-order valence-corrected chi connectivity index (χ0v) is 21.9. The molecule has 0 heterocycles. The van der Waals surface area contributed by atoms with E-state index in [1.165, 1.54) is 12.1 Å². The van der Waals surface area contributed by atoms with Crippen molar-refractivity contribution < 1.29 is 52.1 Å². The van der Waals surface area contributed by atoms with Gasteiger partial charge in [0, 0.05) is 28.2 Å². The smallest absolute Gasteiger partial charge is 0.744 e. The van der Waals surface area contributed by atoms with Gasteiger partial charge in [-0.1, -0.05) is 42.5 Å². The molecule has 0 radical (unpaired) electrons. The zero-order chi connectivity index (χ0) is 24.7. The monoisotopic (exact) mass is 507 g/mol. The molecule has 0 aromatic heterocycles. The van der Waals surface area contributed by atoms with Crippen LogP contribution >= 0.6 is 0 Å². The van der Waals surface area contributed by atoms with E-state index in [1.54, 1.807) is 36.4 Å². The minimum Gasteiger partial charge on any atom is -0.744 e. The van der Waals surface area contributed by atoms with Crippen molar-refractivity contribution in [3.63, 3.8) is 0 Å². The number of nitrogens with two attached hydrogens (primary N) is 1. The van der Waals surface area contributed by atoms with Crippen LogP contribution in [0.2, 0.25) is 0 Å². The number of benzene rings is 4. The number of rotatable bonds is 5. The van der Waals surface area contributed by atoms with Crippen LogP contribution in [0.1, 0.15) is 31.8 Å². The Morgan fingerprint density at radius 2 is 1.14 bits per heavy atom. The van der Waals surface area contributed by atoms with Crippen molar-refractivity contribution in [3.05, 3.63) is 107 Å². The fourth-order valence-corrected chi connectivity index (χ4v) is 4.71. The van der Waals surface area contributed by atoms with Crippen LogP contribution in [0, 0.1) is 0 Å². The zero-order valence-electron chi connectivity index (χ0n) is 19.1. The van der Waals surface area contributed by atoms with Crippen molar-refractivity contribution >= 4 is 50.1 Å². The summed E-state index contributed by atoms with van der Waals surface area (Å²) in [7, 11) is -5.03. The van der Waals surface area contributed by atoms with E-state index < -0.39 is 32.3 Å². The Bertz CT molecular complexity index is 1610. The summed E-state index contributed by atoms with van der Waals surface area (Å²) < 4.78 is 35.8. The van der Waals surface area contributed by atoms with Gasteiger partial charge in [-0.2, -0.15) is 0 Å².